The Morgan fingerprint density at radius 3 is 2.47 bits per heavy atom. The standard InChI is InChI=1S/C32H42Cl2N8O5/c1-7-12-41(25(43)8-2)22-18-40(30(44)21-11-9-10-13-38(21)3)17-20(22)36-31-35-15-19-16-42(32(45)39(4)29(19)37-31)28-26(33)23(46-5)14-24(47-6)27(28)34/h8,14-15,20-22H,2,7,9-13,16-18H2,1,3-6H3,(H,35,36,37). The second kappa shape index (κ2) is 14.5. The molecule has 5 rings (SSSR count). The smallest absolute Gasteiger partial charge is 0.330 e. The van der Waals surface area contributed by atoms with Crippen LogP contribution in [0.2, 0.25) is 10.0 Å². The first-order valence-corrected chi connectivity index (χ1v) is 16.5. The molecule has 1 N–H and O–H groups in total. The molecule has 3 atom stereocenters. The Kier molecular flexibility index (Phi) is 10.7. The molecule has 2 saturated heterocycles. The zero-order chi connectivity index (χ0) is 34.0. The van der Waals surface area contributed by atoms with Crippen LogP contribution in [0.4, 0.5) is 22.2 Å². The van der Waals surface area contributed by atoms with Crippen LogP contribution in [-0.4, -0.2) is 115 Å². The maximum Gasteiger partial charge on any atom is 0.330 e. The fraction of sp³-hybridized carbons (Fsp3) is 0.531. The lowest BCUT2D eigenvalue weighted by Gasteiger charge is -2.35. The number of likely N-dealkylation sites (N-methyl/N-ethyl adjacent to an activating group) is 1. The Morgan fingerprint density at radius 1 is 1.15 bits per heavy atom. The molecule has 3 aliphatic heterocycles. The molecule has 0 aliphatic carbocycles. The van der Waals surface area contributed by atoms with Crippen LogP contribution >= 0.6 is 23.2 Å². The van der Waals surface area contributed by atoms with Crippen molar-refractivity contribution in [1.29, 1.82) is 0 Å². The number of benzene rings is 1. The van der Waals surface area contributed by atoms with Gasteiger partial charge in [-0.15, -0.1) is 0 Å². The first-order chi connectivity index (χ1) is 22.5. The van der Waals surface area contributed by atoms with Gasteiger partial charge in [-0.2, -0.15) is 4.98 Å². The number of hydrogen-bond donors (Lipinski definition) is 1. The van der Waals surface area contributed by atoms with E-state index in [1.165, 1.54) is 30.1 Å². The Morgan fingerprint density at radius 2 is 1.85 bits per heavy atom. The van der Waals surface area contributed by atoms with E-state index in [4.69, 9.17) is 37.7 Å². The molecule has 4 amide bonds. The van der Waals surface area contributed by atoms with Gasteiger partial charge in [0.1, 0.15) is 27.4 Å². The van der Waals surface area contributed by atoms with Crippen LogP contribution in [-0.2, 0) is 16.1 Å². The Bertz CT molecular complexity index is 1520. The number of likely N-dealkylation sites (tertiary alicyclic amines) is 2. The van der Waals surface area contributed by atoms with Crippen LogP contribution in [0, 0.1) is 0 Å². The predicted octanol–water partition coefficient (Wildman–Crippen LogP) is 4.28. The summed E-state index contributed by atoms with van der Waals surface area (Å²) in [6, 6.07) is 0.264. The third-order valence-corrected chi connectivity index (χ3v) is 9.85. The minimum atomic E-state index is -0.418. The lowest BCUT2D eigenvalue weighted by atomic mass is 10.0. The number of carbonyl (C=O) groups is 3. The van der Waals surface area contributed by atoms with Crippen molar-refractivity contribution in [2.75, 3.05) is 69.6 Å². The number of urea groups is 1. The number of aromatic nitrogens is 2. The van der Waals surface area contributed by atoms with Crippen LogP contribution in [0.1, 0.15) is 38.2 Å². The van der Waals surface area contributed by atoms with Crippen LogP contribution < -0.4 is 24.6 Å². The number of halogens is 2. The number of ether oxygens (including phenoxy) is 2. The molecule has 0 bridgehead atoms. The molecule has 254 valence electrons. The largest absolute Gasteiger partial charge is 0.495 e. The minimum absolute atomic E-state index is 0.0623. The first-order valence-electron chi connectivity index (χ1n) is 15.7. The number of piperidine rings is 1. The van der Waals surface area contributed by atoms with E-state index >= 15 is 0 Å². The molecule has 3 aliphatic rings. The fourth-order valence-corrected chi connectivity index (χ4v) is 7.35. The first kappa shape index (κ1) is 34.5. The van der Waals surface area contributed by atoms with E-state index in [2.05, 4.69) is 21.8 Å². The molecule has 1 aromatic carbocycles. The van der Waals surface area contributed by atoms with Crippen molar-refractivity contribution in [3.05, 3.63) is 40.5 Å². The number of rotatable bonds is 10. The lowest BCUT2D eigenvalue weighted by Crippen LogP contribution is -2.50. The molecule has 0 spiro atoms. The van der Waals surface area contributed by atoms with E-state index in [-0.39, 0.29) is 58.2 Å². The van der Waals surface area contributed by atoms with Crippen molar-refractivity contribution in [2.45, 2.75) is 57.3 Å². The number of nitrogens with one attached hydrogen (secondary N) is 1. The number of anilines is 3. The Labute approximate surface area is 285 Å². The number of fused-ring (bicyclic) bond motifs is 1. The average Bonchev–Trinajstić information content (AvgIpc) is 3.48. The third kappa shape index (κ3) is 6.66. The highest BCUT2D eigenvalue weighted by atomic mass is 35.5. The maximum atomic E-state index is 13.7. The molecule has 4 heterocycles. The second-order valence-electron chi connectivity index (χ2n) is 12.0. The van der Waals surface area contributed by atoms with Gasteiger partial charge in [0.25, 0.3) is 0 Å². The average molecular weight is 690 g/mol. The van der Waals surface area contributed by atoms with Crippen molar-refractivity contribution in [3.8, 4) is 11.5 Å². The topological polar surface area (TPSA) is 124 Å². The van der Waals surface area contributed by atoms with Crippen LogP contribution in [0.3, 0.4) is 0 Å². The summed E-state index contributed by atoms with van der Waals surface area (Å²) in [5, 5.41) is 3.73. The van der Waals surface area contributed by atoms with E-state index in [1.54, 1.807) is 24.2 Å². The SMILES string of the molecule is C=CC(=O)N(CCC)C1CN(C(=O)C2CCCCN2C)CC1Nc1ncc2c(n1)N(C)C(=O)N(c1c(Cl)c(OC)cc(OC)c1Cl)C2. The molecule has 15 heteroatoms. The monoisotopic (exact) mass is 688 g/mol. The van der Waals surface area contributed by atoms with Gasteiger partial charge in [-0.3, -0.25) is 24.3 Å². The van der Waals surface area contributed by atoms with Gasteiger partial charge in [0.05, 0.1) is 44.6 Å². The van der Waals surface area contributed by atoms with E-state index in [1.807, 2.05) is 18.9 Å². The number of nitrogens with zero attached hydrogens (tertiary/aromatic N) is 7. The summed E-state index contributed by atoms with van der Waals surface area (Å²) in [6.45, 7) is 7.95. The summed E-state index contributed by atoms with van der Waals surface area (Å²) in [5.74, 6) is 1.16. The molecule has 13 nitrogen and oxygen atoms in total. The highest BCUT2D eigenvalue weighted by Gasteiger charge is 2.43. The van der Waals surface area contributed by atoms with Crippen molar-refractivity contribution >= 4 is 58.5 Å². The minimum Gasteiger partial charge on any atom is -0.495 e. The van der Waals surface area contributed by atoms with Gasteiger partial charge in [-0.05, 0) is 38.9 Å². The molecule has 3 unspecified atom stereocenters. The molecule has 2 aromatic rings. The normalized spacial score (nSPS) is 21.4. The van der Waals surface area contributed by atoms with E-state index in [9.17, 15) is 14.4 Å². The van der Waals surface area contributed by atoms with E-state index in [0.29, 0.717) is 42.5 Å². The van der Waals surface area contributed by atoms with Crippen LogP contribution in [0.5, 0.6) is 11.5 Å². The van der Waals surface area contributed by atoms with E-state index in [0.717, 1.165) is 32.2 Å². The van der Waals surface area contributed by atoms with Crippen LogP contribution in [0.15, 0.2) is 24.9 Å². The predicted molar refractivity (Wildman–Crippen MR) is 182 cm³/mol. The molecule has 2 fully saturated rings. The maximum absolute atomic E-state index is 13.7. The summed E-state index contributed by atoms with van der Waals surface area (Å²) in [6.07, 6.45) is 6.58. The van der Waals surface area contributed by atoms with Gasteiger partial charge in [-0.25, -0.2) is 9.78 Å². The fourth-order valence-electron chi connectivity index (χ4n) is 6.65. The summed E-state index contributed by atoms with van der Waals surface area (Å²) in [7, 11) is 6.53. The van der Waals surface area contributed by atoms with Crippen molar-refractivity contribution in [2.24, 2.45) is 0 Å². The molecular weight excluding hydrogens is 647 g/mol. The Hall–Kier alpha value is -3.81. The van der Waals surface area contributed by atoms with Gasteiger partial charge in [-0.1, -0.05) is 43.1 Å². The summed E-state index contributed by atoms with van der Waals surface area (Å²) >= 11 is 13.3. The molecule has 0 saturated carbocycles. The van der Waals surface area contributed by atoms with E-state index < -0.39 is 6.03 Å². The molecular formula is C32H42Cl2N8O5. The third-order valence-electron chi connectivity index (χ3n) is 9.12. The highest BCUT2D eigenvalue weighted by Crippen LogP contribution is 2.47. The number of amides is 4. The van der Waals surface area contributed by atoms with Gasteiger partial charge >= 0.3 is 6.03 Å². The van der Waals surface area contributed by atoms with Gasteiger partial charge in [0, 0.05) is 44.5 Å². The van der Waals surface area contributed by atoms with Crippen LogP contribution in [0.25, 0.3) is 0 Å². The van der Waals surface area contributed by atoms with Gasteiger partial charge in [0.15, 0.2) is 0 Å². The zero-order valence-corrected chi connectivity index (χ0v) is 29.0. The van der Waals surface area contributed by atoms with Crippen molar-refractivity contribution in [1.82, 2.24) is 24.7 Å². The lowest BCUT2D eigenvalue weighted by molar-refractivity contribution is -0.137. The van der Waals surface area contributed by atoms with Crippen molar-refractivity contribution < 1.29 is 23.9 Å². The summed E-state index contributed by atoms with van der Waals surface area (Å²) in [4.78, 5) is 58.4. The summed E-state index contributed by atoms with van der Waals surface area (Å²) < 4.78 is 10.8. The number of hydrogen-bond acceptors (Lipinski definition) is 9. The number of methoxy groups -OCH3 is 2. The molecule has 1 aromatic heterocycles. The highest BCUT2D eigenvalue weighted by molar-refractivity contribution is 6.42. The second-order valence-corrected chi connectivity index (χ2v) is 12.8. The van der Waals surface area contributed by atoms with Crippen molar-refractivity contribution in [3.63, 3.8) is 0 Å². The van der Waals surface area contributed by atoms with Gasteiger partial charge in [0.2, 0.25) is 17.8 Å². The summed E-state index contributed by atoms with van der Waals surface area (Å²) in [5.41, 5.74) is 0.903. The number of carbonyl (C=O) groups excluding carboxylic acids is 3. The van der Waals surface area contributed by atoms with Gasteiger partial charge < -0.3 is 24.6 Å². The Balaban J connectivity index is 1.43. The molecule has 47 heavy (non-hydrogen) atoms. The quantitative estimate of drug-likeness (QED) is 0.365. The molecule has 0 radical (unpaired) electrons. The zero-order valence-electron chi connectivity index (χ0n) is 27.5.